The molecule has 0 aliphatic heterocycles. The summed E-state index contributed by atoms with van der Waals surface area (Å²) in [4.78, 5) is 15.3. The van der Waals surface area contributed by atoms with Gasteiger partial charge in [0.15, 0.2) is 10.6 Å². The summed E-state index contributed by atoms with van der Waals surface area (Å²) in [6, 6.07) is 3.70. The maximum Gasteiger partial charge on any atom is 0.219 e. The summed E-state index contributed by atoms with van der Waals surface area (Å²) in [6.45, 7) is 3.78. The average molecular weight is 277 g/mol. The SMILES string of the molecule is CC(C)(CC(N)=O)n1c(-c2cccnc2)n[nH]c1=S. The number of primary amides is 1. The highest BCUT2D eigenvalue weighted by atomic mass is 32.1. The molecule has 0 aliphatic carbocycles. The van der Waals surface area contributed by atoms with E-state index in [9.17, 15) is 4.79 Å². The Kier molecular flexibility index (Phi) is 3.48. The Morgan fingerprint density at radius 1 is 1.58 bits per heavy atom. The number of H-pyrrole nitrogens is 1. The van der Waals surface area contributed by atoms with E-state index in [1.165, 1.54) is 0 Å². The van der Waals surface area contributed by atoms with Gasteiger partial charge in [-0.25, -0.2) is 0 Å². The minimum absolute atomic E-state index is 0.175. The number of nitrogens with one attached hydrogen (secondary N) is 1. The molecule has 1 amide bonds. The molecule has 0 radical (unpaired) electrons. The Hall–Kier alpha value is -2.02. The summed E-state index contributed by atoms with van der Waals surface area (Å²) >= 11 is 5.25. The zero-order chi connectivity index (χ0) is 14.0. The minimum atomic E-state index is -0.554. The van der Waals surface area contributed by atoms with Gasteiger partial charge in [-0.1, -0.05) is 0 Å². The van der Waals surface area contributed by atoms with Crippen LogP contribution in [-0.4, -0.2) is 25.7 Å². The van der Waals surface area contributed by atoms with Gasteiger partial charge in [0.1, 0.15) is 0 Å². The van der Waals surface area contributed by atoms with Crippen molar-refractivity contribution in [3.05, 3.63) is 29.3 Å². The first-order valence-corrected chi connectivity index (χ1v) is 6.19. The molecule has 0 fully saturated rings. The van der Waals surface area contributed by atoms with Crippen LogP contribution in [0.15, 0.2) is 24.5 Å². The number of carbonyl (C=O) groups excluding carboxylic acids is 1. The number of amides is 1. The van der Waals surface area contributed by atoms with Crippen molar-refractivity contribution in [2.75, 3.05) is 0 Å². The molecule has 6 nitrogen and oxygen atoms in total. The van der Waals surface area contributed by atoms with Crippen molar-refractivity contribution in [3.63, 3.8) is 0 Å². The van der Waals surface area contributed by atoms with Gasteiger partial charge in [0.05, 0.1) is 5.54 Å². The van der Waals surface area contributed by atoms with Crippen molar-refractivity contribution in [2.45, 2.75) is 25.8 Å². The summed E-state index contributed by atoms with van der Waals surface area (Å²) in [6.07, 6.45) is 3.56. The fraction of sp³-hybridized carbons (Fsp3) is 0.333. The quantitative estimate of drug-likeness (QED) is 0.831. The van der Waals surface area contributed by atoms with Crippen molar-refractivity contribution >= 4 is 18.1 Å². The third-order valence-corrected chi connectivity index (χ3v) is 3.08. The number of nitrogens with zero attached hydrogens (tertiary/aromatic N) is 3. The zero-order valence-electron chi connectivity index (χ0n) is 10.8. The van der Waals surface area contributed by atoms with Crippen molar-refractivity contribution in [3.8, 4) is 11.4 Å². The highest BCUT2D eigenvalue weighted by Gasteiger charge is 2.27. The molecule has 0 bridgehead atoms. The molecule has 2 aromatic heterocycles. The summed E-state index contributed by atoms with van der Waals surface area (Å²) < 4.78 is 2.24. The molecule has 0 aromatic carbocycles. The highest BCUT2D eigenvalue weighted by molar-refractivity contribution is 7.71. The van der Waals surface area contributed by atoms with Gasteiger partial charge < -0.3 is 5.73 Å². The largest absolute Gasteiger partial charge is 0.370 e. The summed E-state index contributed by atoms with van der Waals surface area (Å²) in [5.74, 6) is 0.259. The minimum Gasteiger partial charge on any atom is -0.370 e. The van der Waals surface area contributed by atoms with Gasteiger partial charge in [-0.15, -0.1) is 0 Å². The number of hydrogen-bond acceptors (Lipinski definition) is 4. The molecule has 0 saturated carbocycles. The zero-order valence-corrected chi connectivity index (χ0v) is 11.6. The Morgan fingerprint density at radius 3 is 2.89 bits per heavy atom. The Labute approximate surface area is 115 Å². The molecule has 0 spiro atoms. The normalized spacial score (nSPS) is 11.5. The summed E-state index contributed by atoms with van der Waals surface area (Å²) in [7, 11) is 0. The van der Waals surface area contributed by atoms with E-state index in [0.717, 1.165) is 5.56 Å². The maximum absolute atomic E-state index is 11.2. The summed E-state index contributed by atoms with van der Waals surface area (Å²) in [5, 5.41) is 6.96. The second kappa shape index (κ2) is 4.93. The van der Waals surface area contributed by atoms with Crippen LogP contribution < -0.4 is 5.73 Å². The van der Waals surface area contributed by atoms with E-state index in [1.807, 2.05) is 26.0 Å². The van der Waals surface area contributed by atoms with Crippen molar-refractivity contribution in [1.29, 1.82) is 0 Å². The summed E-state index contributed by atoms with van der Waals surface area (Å²) in [5.41, 5.74) is 5.57. The molecule has 7 heteroatoms. The van der Waals surface area contributed by atoms with E-state index in [2.05, 4.69) is 15.2 Å². The van der Waals surface area contributed by atoms with Crippen LogP contribution in [0.1, 0.15) is 20.3 Å². The van der Waals surface area contributed by atoms with Gasteiger partial charge >= 0.3 is 0 Å². The van der Waals surface area contributed by atoms with Gasteiger partial charge in [0.2, 0.25) is 5.91 Å². The lowest BCUT2D eigenvalue weighted by molar-refractivity contribution is -0.119. The van der Waals surface area contributed by atoms with Crippen LogP contribution in [0.25, 0.3) is 11.4 Å². The van der Waals surface area contributed by atoms with Gasteiger partial charge in [-0.05, 0) is 38.2 Å². The van der Waals surface area contributed by atoms with Gasteiger partial charge in [0.25, 0.3) is 0 Å². The van der Waals surface area contributed by atoms with Crippen molar-refractivity contribution in [1.82, 2.24) is 19.7 Å². The van der Waals surface area contributed by atoms with Crippen LogP contribution >= 0.6 is 12.2 Å². The van der Waals surface area contributed by atoms with E-state index in [0.29, 0.717) is 10.6 Å². The number of hydrogen-bond donors (Lipinski definition) is 2. The van der Waals surface area contributed by atoms with E-state index < -0.39 is 5.54 Å². The standard InChI is InChI=1S/C12H15N5OS/c1-12(2,6-9(13)18)17-10(15-16-11(17)19)8-4-3-5-14-7-8/h3-5,7H,6H2,1-2H3,(H2,13,18)(H,16,19). The van der Waals surface area contributed by atoms with Crippen LogP contribution in [0.4, 0.5) is 0 Å². The first-order chi connectivity index (χ1) is 8.92. The van der Waals surface area contributed by atoms with Gasteiger partial charge in [-0.3, -0.25) is 19.4 Å². The van der Waals surface area contributed by atoms with Gasteiger partial charge in [-0.2, -0.15) is 5.10 Å². The van der Waals surface area contributed by atoms with E-state index in [-0.39, 0.29) is 12.3 Å². The smallest absolute Gasteiger partial charge is 0.219 e. The number of pyridine rings is 1. The van der Waals surface area contributed by atoms with E-state index in [1.54, 1.807) is 17.0 Å². The molecule has 2 aromatic rings. The van der Waals surface area contributed by atoms with Crippen LogP contribution in [0.3, 0.4) is 0 Å². The molecule has 0 aliphatic rings. The molecule has 2 rings (SSSR count). The first-order valence-electron chi connectivity index (χ1n) is 5.78. The molecule has 0 saturated heterocycles. The second-order valence-electron chi connectivity index (χ2n) is 4.89. The lowest BCUT2D eigenvalue weighted by atomic mass is 9.99. The monoisotopic (exact) mass is 277 g/mol. The van der Waals surface area contributed by atoms with E-state index in [4.69, 9.17) is 18.0 Å². The third kappa shape index (κ3) is 2.70. The average Bonchev–Trinajstić information content (AvgIpc) is 2.71. The second-order valence-corrected chi connectivity index (χ2v) is 5.27. The molecular formula is C12H15N5OS. The number of aromatic amines is 1. The van der Waals surface area contributed by atoms with Crippen LogP contribution in [0.2, 0.25) is 0 Å². The Bertz CT molecular complexity index is 644. The lowest BCUT2D eigenvalue weighted by Gasteiger charge is -2.26. The number of carbonyl (C=O) groups is 1. The molecule has 0 atom stereocenters. The van der Waals surface area contributed by atoms with E-state index >= 15 is 0 Å². The van der Waals surface area contributed by atoms with Crippen LogP contribution in [0.5, 0.6) is 0 Å². The van der Waals surface area contributed by atoms with Crippen LogP contribution in [-0.2, 0) is 10.3 Å². The Balaban J connectivity index is 2.56. The molecule has 3 N–H and O–H groups in total. The first kappa shape index (κ1) is 13.4. The molecule has 2 heterocycles. The lowest BCUT2D eigenvalue weighted by Crippen LogP contribution is -2.33. The maximum atomic E-state index is 11.2. The molecule has 100 valence electrons. The Morgan fingerprint density at radius 2 is 2.32 bits per heavy atom. The van der Waals surface area contributed by atoms with Crippen LogP contribution in [0, 0.1) is 4.77 Å². The van der Waals surface area contributed by atoms with Gasteiger partial charge in [0, 0.05) is 24.4 Å². The number of aromatic nitrogens is 4. The molecule has 19 heavy (non-hydrogen) atoms. The molecule has 0 unspecified atom stereocenters. The number of nitrogens with two attached hydrogens (primary N) is 1. The van der Waals surface area contributed by atoms with Crippen molar-refractivity contribution in [2.24, 2.45) is 5.73 Å². The fourth-order valence-electron chi connectivity index (χ4n) is 2.05. The van der Waals surface area contributed by atoms with Crippen molar-refractivity contribution < 1.29 is 4.79 Å². The third-order valence-electron chi connectivity index (χ3n) is 2.80. The predicted octanol–water partition coefficient (Wildman–Crippen LogP) is 1.61. The predicted molar refractivity (Wildman–Crippen MR) is 73.8 cm³/mol. The fourth-order valence-corrected chi connectivity index (χ4v) is 2.43. The highest BCUT2D eigenvalue weighted by Crippen LogP contribution is 2.26. The topological polar surface area (TPSA) is 89.6 Å². The number of rotatable bonds is 4. The molecular weight excluding hydrogens is 262 g/mol.